The summed E-state index contributed by atoms with van der Waals surface area (Å²) in [7, 11) is -3.07. The third-order valence-electron chi connectivity index (χ3n) is 4.12. The van der Waals surface area contributed by atoms with Crippen molar-refractivity contribution in [2.75, 3.05) is 13.7 Å². The fourth-order valence-electron chi connectivity index (χ4n) is 2.32. The molecule has 0 amide bonds. The summed E-state index contributed by atoms with van der Waals surface area (Å²) >= 11 is 5.80. The molecule has 7 nitrogen and oxygen atoms in total. The summed E-state index contributed by atoms with van der Waals surface area (Å²) in [6.45, 7) is 0.456. The maximum Gasteiger partial charge on any atom is 0.366 e. The second kappa shape index (κ2) is 8.63. The minimum atomic E-state index is -4.50. The molecule has 148 valence electrons. The molecule has 0 spiro atoms. The highest BCUT2D eigenvalue weighted by Gasteiger charge is 2.50. The zero-order valence-electron chi connectivity index (χ0n) is 15.2. The summed E-state index contributed by atoms with van der Waals surface area (Å²) in [5.41, 5.74) is 0.542. The van der Waals surface area contributed by atoms with E-state index >= 15 is 0 Å². The van der Waals surface area contributed by atoms with E-state index in [9.17, 15) is 23.5 Å². The van der Waals surface area contributed by atoms with E-state index in [4.69, 9.17) is 16.3 Å². The van der Waals surface area contributed by atoms with Crippen molar-refractivity contribution >= 4 is 27.6 Å². The summed E-state index contributed by atoms with van der Waals surface area (Å²) in [5, 5.41) is 20.7. The molecule has 1 unspecified atom stereocenters. The van der Waals surface area contributed by atoms with Gasteiger partial charge in [-0.3, -0.25) is 0 Å². The SMILES string of the molecule is COc1ccc(S(=O)(=O)[N+](O)(CC#Cc2ccc(Cl)cc2)[C@@H](C)C(=O)O)cc1. The van der Waals surface area contributed by atoms with Crippen molar-refractivity contribution in [3.63, 3.8) is 0 Å². The number of nitrogens with zero attached hydrogens (tertiary/aromatic N) is 1. The third kappa shape index (κ3) is 4.46. The van der Waals surface area contributed by atoms with Crippen LogP contribution < -0.4 is 4.74 Å². The lowest BCUT2D eigenvalue weighted by Crippen LogP contribution is -2.58. The highest BCUT2D eigenvalue weighted by atomic mass is 35.5. The first-order chi connectivity index (χ1) is 13.1. The molecule has 2 rings (SSSR count). The van der Waals surface area contributed by atoms with Gasteiger partial charge in [-0.05, 0) is 54.5 Å². The molecule has 0 aliphatic heterocycles. The lowest BCUT2D eigenvalue weighted by atomic mass is 10.2. The number of ether oxygens (including phenoxy) is 1. The molecule has 2 aromatic rings. The lowest BCUT2D eigenvalue weighted by molar-refractivity contribution is -1.01. The van der Waals surface area contributed by atoms with Crippen molar-refractivity contribution in [3.05, 3.63) is 59.1 Å². The summed E-state index contributed by atoms with van der Waals surface area (Å²) in [6, 6.07) is 10.1. The van der Waals surface area contributed by atoms with Crippen LogP contribution in [0.15, 0.2) is 53.4 Å². The Morgan fingerprint density at radius 1 is 1.18 bits per heavy atom. The summed E-state index contributed by atoms with van der Waals surface area (Å²) < 4.78 is 29.2. The van der Waals surface area contributed by atoms with Crippen molar-refractivity contribution in [1.29, 1.82) is 0 Å². The molecule has 0 aliphatic rings. The molecule has 0 aromatic heterocycles. The van der Waals surface area contributed by atoms with Gasteiger partial charge in [0.1, 0.15) is 10.6 Å². The minimum absolute atomic E-state index is 0.253. The fourth-order valence-corrected chi connectivity index (χ4v) is 4.03. The van der Waals surface area contributed by atoms with Gasteiger partial charge >= 0.3 is 16.0 Å². The van der Waals surface area contributed by atoms with Crippen LogP contribution in [0.3, 0.4) is 0 Å². The van der Waals surface area contributed by atoms with Crippen LogP contribution in [0.4, 0.5) is 0 Å². The Morgan fingerprint density at radius 2 is 1.75 bits per heavy atom. The summed E-state index contributed by atoms with van der Waals surface area (Å²) in [6.07, 6.45) is 0. The number of hydrogen-bond donors (Lipinski definition) is 2. The van der Waals surface area contributed by atoms with Crippen LogP contribution >= 0.6 is 11.6 Å². The van der Waals surface area contributed by atoms with Crippen LogP contribution in [-0.4, -0.2) is 48.4 Å². The number of aliphatic carboxylic acids is 1. The highest BCUT2D eigenvalue weighted by molar-refractivity contribution is 7.85. The average molecular weight is 425 g/mol. The van der Waals surface area contributed by atoms with Crippen LogP contribution in [0.2, 0.25) is 5.02 Å². The number of hydrogen-bond acceptors (Lipinski definition) is 5. The number of sulfonamides is 1. The van der Waals surface area contributed by atoms with Gasteiger partial charge in [-0.1, -0.05) is 21.6 Å². The number of halogens is 1. The first kappa shape index (κ1) is 21.7. The molecule has 0 fully saturated rings. The molecular weight excluding hydrogens is 406 g/mol. The third-order valence-corrected chi connectivity index (χ3v) is 6.52. The fraction of sp³-hybridized carbons (Fsp3) is 0.211. The number of hydroxylamine groups is 2. The number of benzene rings is 2. The van der Waals surface area contributed by atoms with Crippen LogP contribution in [0.25, 0.3) is 0 Å². The molecule has 0 radical (unpaired) electrons. The van der Waals surface area contributed by atoms with Gasteiger partial charge < -0.3 is 9.84 Å². The Labute approximate surface area is 168 Å². The van der Waals surface area contributed by atoms with Crippen molar-refractivity contribution in [1.82, 2.24) is 0 Å². The van der Waals surface area contributed by atoms with E-state index in [-0.39, 0.29) is 4.90 Å². The van der Waals surface area contributed by atoms with Gasteiger partial charge in [-0.15, -0.1) is 0 Å². The molecule has 2 atom stereocenters. The number of methoxy groups -OCH3 is 1. The smallest absolute Gasteiger partial charge is 0.366 e. The van der Waals surface area contributed by atoms with Crippen molar-refractivity contribution in [3.8, 4) is 17.6 Å². The zero-order valence-corrected chi connectivity index (χ0v) is 16.7. The first-order valence-electron chi connectivity index (χ1n) is 8.09. The van der Waals surface area contributed by atoms with Gasteiger partial charge in [0.2, 0.25) is 6.04 Å². The number of carbonyl (C=O) groups is 1. The minimum Gasteiger partial charge on any atom is -0.497 e. The summed E-state index contributed by atoms with van der Waals surface area (Å²) in [5.74, 6) is 4.20. The van der Waals surface area contributed by atoms with E-state index < -0.39 is 32.6 Å². The summed E-state index contributed by atoms with van der Waals surface area (Å²) in [4.78, 5) is 11.2. The Kier molecular flexibility index (Phi) is 6.69. The van der Waals surface area contributed by atoms with E-state index in [1.807, 2.05) is 0 Å². The maximum absolute atomic E-state index is 13.0. The molecule has 0 saturated carbocycles. The van der Waals surface area contributed by atoms with Crippen LogP contribution in [0.5, 0.6) is 5.75 Å². The molecule has 0 heterocycles. The predicted molar refractivity (Wildman–Crippen MR) is 103 cm³/mol. The van der Waals surface area contributed by atoms with Gasteiger partial charge in [-0.2, -0.15) is 13.6 Å². The normalized spacial score (nSPS) is 14.3. The van der Waals surface area contributed by atoms with Gasteiger partial charge in [-0.25, -0.2) is 4.79 Å². The average Bonchev–Trinajstić information content (AvgIpc) is 2.68. The van der Waals surface area contributed by atoms with Crippen molar-refractivity contribution < 1.29 is 32.3 Å². The van der Waals surface area contributed by atoms with E-state index in [1.165, 1.54) is 31.4 Å². The van der Waals surface area contributed by atoms with Crippen LogP contribution in [0, 0.1) is 11.8 Å². The number of carboxylic acid groups (broad SMARTS) is 1. The van der Waals surface area contributed by atoms with Gasteiger partial charge in [0.05, 0.1) is 7.11 Å². The van der Waals surface area contributed by atoms with E-state index in [2.05, 4.69) is 11.8 Å². The number of carboxylic acids is 1. The number of rotatable bonds is 6. The molecule has 2 aromatic carbocycles. The maximum atomic E-state index is 13.0. The Morgan fingerprint density at radius 3 is 2.25 bits per heavy atom. The second-order valence-corrected chi connectivity index (χ2v) is 8.38. The number of quaternary nitrogens is 1. The van der Waals surface area contributed by atoms with E-state index in [1.54, 1.807) is 24.3 Å². The molecule has 0 saturated heterocycles. The molecule has 0 aliphatic carbocycles. The predicted octanol–water partition coefficient (Wildman–Crippen LogP) is 2.77. The van der Waals surface area contributed by atoms with Crippen LogP contribution in [-0.2, 0) is 14.8 Å². The highest BCUT2D eigenvalue weighted by Crippen LogP contribution is 2.27. The topological polar surface area (TPSA) is 101 Å². The molecule has 9 heteroatoms. The van der Waals surface area contributed by atoms with E-state index in [0.717, 1.165) is 6.92 Å². The quantitative estimate of drug-likeness (QED) is 0.420. The van der Waals surface area contributed by atoms with Crippen LogP contribution in [0.1, 0.15) is 12.5 Å². The molecular formula is C19H19ClNO6S+. The van der Waals surface area contributed by atoms with E-state index in [0.29, 0.717) is 16.3 Å². The Hall–Kier alpha value is -2.57. The largest absolute Gasteiger partial charge is 0.497 e. The standard InChI is InChI=1S/C19H18ClNO6S/c1-14(19(22)23)21(24,13-3-4-15-5-7-16(20)8-6-15)28(25,26)18-11-9-17(27-2)10-12-18/h5-12,14,24H,13H2,1-2H3/p+1/t14-,21?/m0/s1. The first-order valence-corrected chi connectivity index (χ1v) is 9.90. The van der Waals surface area contributed by atoms with Gasteiger partial charge in [0.25, 0.3) is 0 Å². The monoisotopic (exact) mass is 424 g/mol. The molecule has 0 bridgehead atoms. The second-order valence-electron chi connectivity index (χ2n) is 5.89. The Bertz CT molecular complexity index is 1010. The lowest BCUT2D eigenvalue weighted by Gasteiger charge is -2.30. The Balaban J connectivity index is 2.44. The molecule has 2 N–H and O–H groups in total. The zero-order chi connectivity index (χ0) is 20.9. The van der Waals surface area contributed by atoms with Gasteiger partial charge in [0.15, 0.2) is 6.54 Å². The van der Waals surface area contributed by atoms with Crippen molar-refractivity contribution in [2.24, 2.45) is 0 Å². The van der Waals surface area contributed by atoms with Gasteiger partial charge in [0, 0.05) is 17.5 Å². The molecule has 28 heavy (non-hydrogen) atoms. The van der Waals surface area contributed by atoms with Crippen molar-refractivity contribution in [2.45, 2.75) is 17.9 Å².